The van der Waals surface area contributed by atoms with E-state index in [-0.39, 0.29) is 12.3 Å². The molecule has 122 valence electrons. The Kier molecular flexibility index (Phi) is 5.51. The summed E-state index contributed by atoms with van der Waals surface area (Å²) in [7, 11) is 1.82. The highest BCUT2D eigenvalue weighted by molar-refractivity contribution is 5.83. The molecule has 2 rings (SSSR count). The Bertz CT molecular complexity index is 667. The van der Waals surface area contributed by atoms with E-state index in [1.54, 1.807) is 10.9 Å². The van der Waals surface area contributed by atoms with Crippen molar-refractivity contribution in [3.05, 3.63) is 53.9 Å². The minimum absolute atomic E-state index is 0.176. The summed E-state index contributed by atoms with van der Waals surface area (Å²) >= 11 is 0. The highest BCUT2D eigenvalue weighted by atomic mass is 16.4. The van der Waals surface area contributed by atoms with Crippen LogP contribution in [0, 0.1) is 0 Å². The summed E-state index contributed by atoms with van der Waals surface area (Å²) in [6, 6.07) is 10.4. The van der Waals surface area contributed by atoms with Crippen LogP contribution in [0.2, 0.25) is 0 Å². The predicted molar refractivity (Wildman–Crippen MR) is 85.6 cm³/mol. The average Bonchev–Trinajstić information content (AvgIpc) is 2.95. The minimum Gasteiger partial charge on any atom is -0.480 e. The van der Waals surface area contributed by atoms with Crippen molar-refractivity contribution in [3.8, 4) is 0 Å². The van der Waals surface area contributed by atoms with Crippen LogP contribution in [0.1, 0.15) is 24.6 Å². The maximum atomic E-state index is 12.5. The molecule has 1 atom stereocenters. The normalized spacial score (nSPS) is 11.9. The Balaban J connectivity index is 2.08. The first-order chi connectivity index (χ1) is 11.0. The van der Waals surface area contributed by atoms with Gasteiger partial charge in [-0.2, -0.15) is 5.10 Å². The Hall–Kier alpha value is -2.63. The molecule has 0 spiro atoms. The van der Waals surface area contributed by atoms with Gasteiger partial charge in [-0.25, -0.2) is 4.79 Å². The third-order valence-corrected chi connectivity index (χ3v) is 3.86. The molecule has 0 fully saturated rings. The summed E-state index contributed by atoms with van der Waals surface area (Å²) in [5, 5.41) is 13.3. The van der Waals surface area contributed by atoms with Crippen molar-refractivity contribution in [2.45, 2.75) is 32.4 Å². The fourth-order valence-corrected chi connectivity index (χ4v) is 2.38. The van der Waals surface area contributed by atoms with Gasteiger partial charge in [0.25, 0.3) is 0 Å². The van der Waals surface area contributed by atoms with Crippen molar-refractivity contribution >= 4 is 11.9 Å². The largest absolute Gasteiger partial charge is 0.480 e. The zero-order chi connectivity index (χ0) is 16.8. The summed E-state index contributed by atoms with van der Waals surface area (Å²) in [5.41, 5.74) is 1.86. The molecule has 2 aromatic rings. The molecule has 0 radical (unpaired) electrons. The number of benzene rings is 1. The number of aliphatic carboxylic acids is 1. The number of aryl methyl sites for hydroxylation is 2. The van der Waals surface area contributed by atoms with E-state index in [0.717, 1.165) is 11.3 Å². The van der Waals surface area contributed by atoms with Gasteiger partial charge in [0.15, 0.2) is 0 Å². The molecular weight excluding hydrogens is 294 g/mol. The predicted octanol–water partition coefficient (Wildman–Crippen LogP) is 1.85. The maximum absolute atomic E-state index is 12.5. The van der Waals surface area contributed by atoms with Gasteiger partial charge in [0, 0.05) is 31.9 Å². The lowest BCUT2D eigenvalue weighted by atomic mass is 10.1. The van der Waals surface area contributed by atoms with Gasteiger partial charge in [-0.05, 0) is 25.0 Å². The van der Waals surface area contributed by atoms with Crippen molar-refractivity contribution in [1.82, 2.24) is 14.7 Å². The summed E-state index contributed by atoms with van der Waals surface area (Å²) < 4.78 is 1.72. The van der Waals surface area contributed by atoms with Crippen LogP contribution in [-0.2, 0) is 29.6 Å². The van der Waals surface area contributed by atoms with E-state index < -0.39 is 12.0 Å². The van der Waals surface area contributed by atoms with Crippen molar-refractivity contribution in [3.63, 3.8) is 0 Å². The van der Waals surface area contributed by atoms with Gasteiger partial charge in [0.1, 0.15) is 6.04 Å². The molecule has 0 aliphatic carbocycles. The van der Waals surface area contributed by atoms with Crippen molar-refractivity contribution in [2.24, 2.45) is 7.05 Å². The molecule has 0 saturated carbocycles. The van der Waals surface area contributed by atoms with Gasteiger partial charge in [0.05, 0.1) is 0 Å². The Morgan fingerprint density at radius 2 is 1.96 bits per heavy atom. The molecule has 1 unspecified atom stereocenters. The van der Waals surface area contributed by atoms with Crippen LogP contribution in [-0.4, -0.2) is 37.7 Å². The molecule has 0 saturated heterocycles. The first kappa shape index (κ1) is 16.7. The molecule has 6 nitrogen and oxygen atoms in total. The molecule has 0 aliphatic rings. The van der Waals surface area contributed by atoms with Gasteiger partial charge in [-0.15, -0.1) is 0 Å². The third kappa shape index (κ3) is 4.42. The van der Waals surface area contributed by atoms with Gasteiger partial charge in [0.2, 0.25) is 5.91 Å². The second-order valence-electron chi connectivity index (χ2n) is 5.47. The lowest BCUT2D eigenvalue weighted by Crippen LogP contribution is -2.42. The van der Waals surface area contributed by atoms with Crippen LogP contribution in [0.15, 0.2) is 42.6 Å². The summed E-state index contributed by atoms with van der Waals surface area (Å²) in [4.78, 5) is 25.3. The van der Waals surface area contributed by atoms with Crippen LogP contribution in [0.25, 0.3) is 0 Å². The number of aromatic nitrogens is 2. The van der Waals surface area contributed by atoms with Crippen LogP contribution in [0.3, 0.4) is 0 Å². The zero-order valence-electron chi connectivity index (χ0n) is 13.3. The molecule has 1 amide bonds. The molecule has 0 aliphatic heterocycles. The second-order valence-corrected chi connectivity index (χ2v) is 5.47. The molecule has 1 N–H and O–H groups in total. The quantitative estimate of drug-likeness (QED) is 0.846. The number of carbonyl (C=O) groups excluding carboxylic acids is 1. The molecule has 6 heteroatoms. The number of carboxylic acids is 1. The lowest BCUT2D eigenvalue weighted by molar-refractivity contribution is -0.150. The van der Waals surface area contributed by atoms with Gasteiger partial charge in [-0.3, -0.25) is 9.48 Å². The van der Waals surface area contributed by atoms with Gasteiger partial charge >= 0.3 is 5.97 Å². The molecular formula is C17H21N3O3. The molecule has 1 aromatic carbocycles. The van der Waals surface area contributed by atoms with E-state index in [0.29, 0.717) is 13.0 Å². The molecule has 0 bridgehead atoms. The fourth-order valence-electron chi connectivity index (χ4n) is 2.38. The van der Waals surface area contributed by atoms with Gasteiger partial charge < -0.3 is 10.0 Å². The van der Waals surface area contributed by atoms with Crippen molar-refractivity contribution in [1.29, 1.82) is 0 Å². The number of nitrogens with zero attached hydrogens (tertiary/aromatic N) is 3. The Labute approximate surface area is 135 Å². The maximum Gasteiger partial charge on any atom is 0.326 e. The molecule has 1 heterocycles. The van der Waals surface area contributed by atoms with E-state index >= 15 is 0 Å². The minimum atomic E-state index is -1.00. The lowest BCUT2D eigenvalue weighted by Gasteiger charge is -2.26. The van der Waals surface area contributed by atoms with E-state index in [2.05, 4.69) is 5.10 Å². The summed E-state index contributed by atoms with van der Waals surface area (Å²) in [5.74, 6) is -1.18. The van der Waals surface area contributed by atoms with E-state index in [9.17, 15) is 14.7 Å². The van der Waals surface area contributed by atoms with Crippen molar-refractivity contribution < 1.29 is 14.7 Å². The van der Waals surface area contributed by atoms with Crippen LogP contribution in [0.4, 0.5) is 0 Å². The standard InChI is InChI=1S/C17H21N3O3/c1-13(17(22)23)20(12-14-6-4-3-5-7-14)16(21)9-8-15-10-11-18-19(15)2/h3-7,10-11,13H,8-9,12H2,1-2H3,(H,22,23). The van der Waals surface area contributed by atoms with E-state index in [1.807, 2.05) is 43.4 Å². The molecule has 23 heavy (non-hydrogen) atoms. The Morgan fingerprint density at radius 3 is 2.52 bits per heavy atom. The topological polar surface area (TPSA) is 75.4 Å². The number of hydrogen-bond acceptors (Lipinski definition) is 3. The van der Waals surface area contributed by atoms with Gasteiger partial charge in [-0.1, -0.05) is 30.3 Å². The average molecular weight is 315 g/mol. The number of carbonyl (C=O) groups is 2. The van der Waals surface area contributed by atoms with Crippen LogP contribution in [0.5, 0.6) is 0 Å². The first-order valence-electron chi connectivity index (χ1n) is 7.52. The van der Waals surface area contributed by atoms with E-state index in [1.165, 1.54) is 11.8 Å². The highest BCUT2D eigenvalue weighted by Gasteiger charge is 2.25. The monoisotopic (exact) mass is 315 g/mol. The smallest absolute Gasteiger partial charge is 0.326 e. The van der Waals surface area contributed by atoms with E-state index in [4.69, 9.17) is 0 Å². The second kappa shape index (κ2) is 7.58. The number of rotatable bonds is 7. The number of hydrogen-bond donors (Lipinski definition) is 1. The van der Waals surface area contributed by atoms with Crippen LogP contribution >= 0.6 is 0 Å². The van der Waals surface area contributed by atoms with Crippen LogP contribution < -0.4 is 0 Å². The number of amides is 1. The fraction of sp³-hybridized carbons (Fsp3) is 0.353. The van der Waals surface area contributed by atoms with Crippen molar-refractivity contribution in [2.75, 3.05) is 0 Å². The zero-order valence-corrected chi connectivity index (χ0v) is 13.3. The SMILES string of the molecule is CC(C(=O)O)N(Cc1ccccc1)C(=O)CCc1ccnn1C. The third-order valence-electron chi connectivity index (χ3n) is 3.86. The first-order valence-corrected chi connectivity index (χ1v) is 7.52. The Morgan fingerprint density at radius 1 is 1.26 bits per heavy atom. The highest BCUT2D eigenvalue weighted by Crippen LogP contribution is 2.12. The summed E-state index contributed by atoms with van der Waals surface area (Å²) in [6.45, 7) is 1.83. The summed E-state index contributed by atoms with van der Waals surface area (Å²) in [6.07, 6.45) is 2.47. The number of carboxylic acid groups (broad SMARTS) is 1. The molecule has 1 aromatic heterocycles.